The van der Waals surface area contributed by atoms with Crippen molar-refractivity contribution in [3.05, 3.63) is 42.0 Å². The highest BCUT2D eigenvalue weighted by Crippen LogP contribution is 2.30. The van der Waals surface area contributed by atoms with Crippen LogP contribution in [0.4, 0.5) is 0 Å². The van der Waals surface area contributed by atoms with Gasteiger partial charge in [-0.1, -0.05) is 43.3 Å². The summed E-state index contributed by atoms with van der Waals surface area (Å²) in [6.07, 6.45) is 5.35. The zero-order valence-electron chi connectivity index (χ0n) is 11.9. The monoisotopic (exact) mass is 257 g/mol. The maximum absolute atomic E-state index is 11.9. The van der Waals surface area contributed by atoms with Crippen LogP contribution in [0.3, 0.4) is 0 Å². The molecular formula is C17H23NO. The number of allylic oxidation sites excluding steroid dienone is 1. The Kier molecular flexibility index (Phi) is 4.78. The maximum atomic E-state index is 11.9. The Morgan fingerprint density at radius 2 is 2.00 bits per heavy atom. The van der Waals surface area contributed by atoms with Gasteiger partial charge in [-0.15, -0.1) is 0 Å². The molecule has 0 N–H and O–H groups in total. The summed E-state index contributed by atoms with van der Waals surface area (Å²) in [5.74, 6) is 1.02. The first-order chi connectivity index (χ1) is 9.20. The van der Waals surface area contributed by atoms with Crippen LogP contribution in [-0.2, 0) is 4.79 Å². The lowest BCUT2D eigenvalue weighted by Crippen LogP contribution is -2.32. The number of hydrogen-bond acceptors (Lipinski definition) is 1. The summed E-state index contributed by atoms with van der Waals surface area (Å²) in [5, 5.41) is 0. The fourth-order valence-electron chi connectivity index (χ4n) is 2.18. The lowest BCUT2D eigenvalue weighted by Gasteiger charge is -2.20. The van der Waals surface area contributed by atoms with Crippen LogP contribution in [0.15, 0.2) is 36.4 Å². The Labute approximate surface area is 116 Å². The van der Waals surface area contributed by atoms with Gasteiger partial charge in [0.05, 0.1) is 0 Å². The van der Waals surface area contributed by atoms with E-state index in [0.717, 1.165) is 19.0 Å². The number of benzene rings is 1. The zero-order valence-corrected chi connectivity index (χ0v) is 11.9. The van der Waals surface area contributed by atoms with Gasteiger partial charge in [0.1, 0.15) is 0 Å². The van der Waals surface area contributed by atoms with Gasteiger partial charge in [-0.05, 0) is 36.8 Å². The van der Waals surface area contributed by atoms with Crippen LogP contribution in [-0.4, -0.2) is 23.9 Å². The van der Waals surface area contributed by atoms with E-state index in [2.05, 4.69) is 25.1 Å². The predicted octanol–water partition coefficient (Wildman–Crippen LogP) is 3.74. The number of carbonyl (C=O) groups is 1. The van der Waals surface area contributed by atoms with Crippen molar-refractivity contribution in [3.8, 4) is 0 Å². The van der Waals surface area contributed by atoms with E-state index in [1.54, 1.807) is 0 Å². The standard InChI is InChI=1S/C17H23NO/c1-3-17(19)18(13-15-9-10-15)12-11-14(2)16-7-5-4-6-8-16/h4-8,11,15H,3,9-10,12-13H2,1-2H3. The molecule has 0 bridgehead atoms. The van der Waals surface area contributed by atoms with Crippen molar-refractivity contribution in [1.82, 2.24) is 4.90 Å². The molecular weight excluding hydrogens is 234 g/mol. The third-order valence-electron chi connectivity index (χ3n) is 3.68. The van der Waals surface area contributed by atoms with E-state index in [0.29, 0.717) is 6.42 Å². The number of rotatable bonds is 6. The molecule has 0 spiro atoms. The van der Waals surface area contributed by atoms with Gasteiger partial charge >= 0.3 is 0 Å². The van der Waals surface area contributed by atoms with Gasteiger partial charge in [0, 0.05) is 19.5 Å². The van der Waals surface area contributed by atoms with Gasteiger partial charge in [-0.3, -0.25) is 4.79 Å². The van der Waals surface area contributed by atoms with Crippen LogP contribution < -0.4 is 0 Å². The van der Waals surface area contributed by atoms with Crippen LogP contribution in [0, 0.1) is 5.92 Å². The summed E-state index contributed by atoms with van der Waals surface area (Å²) in [7, 11) is 0. The Morgan fingerprint density at radius 3 is 2.58 bits per heavy atom. The van der Waals surface area contributed by atoms with Crippen LogP contribution in [0.25, 0.3) is 5.57 Å². The molecule has 1 amide bonds. The van der Waals surface area contributed by atoms with Gasteiger partial charge in [0.15, 0.2) is 0 Å². The normalized spacial score (nSPS) is 15.4. The molecule has 1 fully saturated rings. The Morgan fingerprint density at radius 1 is 1.32 bits per heavy atom. The fourth-order valence-corrected chi connectivity index (χ4v) is 2.18. The molecule has 1 aliphatic rings. The van der Waals surface area contributed by atoms with Gasteiger partial charge in [-0.25, -0.2) is 0 Å². The molecule has 2 rings (SSSR count). The van der Waals surface area contributed by atoms with Crippen molar-refractivity contribution in [2.45, 2.75) is 33.1 Å². The van der Waals surface area contributed by atoms with Crippen molar-refractivity contribution in [2.24, 2.45) is 5.92 Å². The SMILES string of the molecule is CCC(=O)N(CC=C(C)c1ccccc1)CC1CC1. The second-order valence-corrected chi connectivity index (χ2v) is 5.35. The minimum Gasteiger partial charge on any atom is -0.339 e. The molecule has 2 heteroatoms. The average molecular weight is 257 g/mol. The number of amides is 1. The Balaban J connectivity index is 1.98. The summed E-state index contributed by atoms with van der Waals surface area (Å²) in [5.41, 5.74) is 2.48. The molecule has 1 aromatic rings. The molecule has 0 saturated heterocycles. The van der Waals surface area contributed by atoms with Crippen LogP contribution in [0.2, 0.25) is 0 Å². The third kappa shape index (κ3) is 4.23. The summed E-state index contributed by atoms with van der Waals surface area (Å²) in [4.78, 5) is 13.9. The molecule has 1 saturated carbocycles. The van der Waals surface area contributed by atoms with E-state index in [9.17, 15) is 4.79 Å². The van der Waals surface area contributed by atoms with Crippen LogP contribution >= 0.6 is 0 Å². The minimum atomic E-state index is 0.268. The highest BCUT2D eigenvalue weighted by Gasteiger charge is 2.25. The largest absolute Gasteiger partial charge is 0.339 e. The third-order valence-corrected chi connectivity index (χ3v) is 3.68. The molecule has 0 heterocycles. The fraction of sp³-hybridized carbons (Fsp3) is 0.471. The molecule has 19 heavy (non-hydrogen) atoms. The smallest absolute Gasteiger partial charge is 0.222 e. The molecule has 0 atom stereocenters. The summed E-state index contributed by atoms with van der Waals surface area (Å²) < 4.78 is 0. The first kappa shape index (κ1) is 13.9. The Bertz CT molecular complexity index is 446. The lowest BCUT2D eigenvalue weighted by molar-refractivity contribution is -0.130. The van der Waals surface area contributed by atoms with Gasteiger partial charge in [0.25, 0.3) is 0 Å². The summed E-state index contributed by atoms with van der Waals surface area (Å²) in [6, 6.07) is 10.3. The summed E-state index contributed by atoms with van der Waals surface area (Å²) >= 11 is 0. The van der Waals surface area contributed by atoms with Crippen molar-refractivity contribution in [1.29, 1.82) is 0 Å². The van der Waals surface area contributed by atoms with Crippen molar-refractivity contribution < 1.29 is 4.79 Å². The number of nitrogens with zero attached hydrogens (tertiary/aromatic N) is 1. The molecule has 0 aromatic heterocycles. The van der Waals surface area contributed by atoms with Crippen molar-refractivity contribution in [3.63, 3.8) is 0 Å². The molecule has 0 aliphatic heterocycles. The van der Waals surface area contributed by atoms with E-state index < -0.39 is 0 Å². The van der Waals surface area contributed by atoms with Gasteiger partial charge in [0.2, 0.25) is 5.91 Å². The quantitative estimate of drug-likeness (QED) is 0.760. The predicted molar refractivity (Wildman–Crippen MR) is 79.7 cm³/mol. The minimum absolute atomic E-state index is 0.268. The molecule has 102 valence electrons. The lowest BCUT2D eigenvalue weighted by atomic mass is 10.1. The number of carbonyl (C=O) groups excluding carboxylic acids is 1. The number of hydrogen-bond donors (Lipinski definition) is 0. The maximum Gasteiger partial charge on any atom is 0.222 e. The molecule has 2 nitrogen and oxygen atoms in total. The second-order valence-electron chi connectivity index (χ2n) is 5.35. The van der Waals surface area contributed by atoms with E-state index in [1.165, 1.54) is 24.0 Å². The average Bonchev–Trinajstić information content (AvgIpc) is 3.27. The van der Waals surface area contributed by atoms with Gasteiger partial charge in [-0.2, -0.15) is 0 Å². The van der Waals surface area contributed by atoms with E-state index >= 15 is 0 Å². The van der Waals surface area contributed by atoms with Crippen molar-refractivity contribution >= 4 is 11.5 Å². The Hall–Kier alpha value is -1.57. The van der Waals surface area contributed by atoms with Crippen molar-refractivity contribution in [2.75, 3.05) is 13.1 Å². The molecule has 1 aromatic carbocycles. The van der Waals surface area contributed by atoms with E-state index in [1.807, 2.05) is 30.0 Å². The first-order valence-electron chi connectivity index (χ1n) is 7.20. The molecule has 0 unspecified atom stereocenters. The topological polar surface area (TPSA) is 20.3 Å². The first-order valence-corrected chi connectivity index (χ1v) is 7.20. The van der Waals surface area contributed by atoms with Crippen LogP contribution in [0.5, 0.6) is 0 Å². The van der Waals surface area contributed by atoms with Gasteiger partial charge < -0.3 is 4.90 Å². The van der Waals surface area contributed by atoms with E-state index in [4.69, 9.17) is 0 Å². The second kappa shape index (κ2) is 6.55. The van der Waals surface area contributed by atoms with E-state index in [-0.39, 0.29) is 5.91 Å². The highest BCUT2D eigenvalue weighted by molar-refractivity contribution is 5.76. The molecule has 1 aliphatic carbocycles. The zero-order chi connectivity index (χ0) is 13.7. The highest BCUT2D eigenvalue weighted by atomic mass is 16.2. The molecule has 0 radical (unpaired) electrons. The summed E-state index contributed by atoms with van der Waals surface area (Å²) in [6.45, 7) is 5.73. The van der Waals surface area contributed by atoms with Crippen LogP contribution in [0.1, 0.15) is 38.7 Å².